The van der Waals surface area contributed by atoms with Crippen molar-refractivity contribution in [1.82, 2.24) is 4.98 Å². The van der Waals surface area contributed by atoms with Crippen molar-refractivity contribution in [2.75, 3.05) is 16.8 Å². The molecular weight excluding hydrogens is 427 g/mol. The first kappa shape index (κ1) is 23.1. The minimum atomic E-state index is -0.311. The van der Waals surface area contributed by atoms with E-state index >= 15 is 0 Å². The van der Waals surface area contributed by atoms with Crippen LogP contribution in [0, 0.1) is 24.1 Å². The highest BCUT2D eigenvalue weighted by molar-refractivity contribution is 7.15. The van der Waals surface area contributed by atoms with Crippen molar-refractivity contribution in [3.05, 3.63) is 76.5 Å². The second-order valence-corrected chi connectivity index (χ2v) is 8.34. The van der Waals surface area contributed by atoms with Crippen molar-refractivity contribution >= 4 is 34.0 Å². The molecule has 0 radical (unpaired) electrons. The van der Waals surface area contributed by atoms with Gasteiger partial charge < -0.3 is 10.2 Å². The SMILES string of the molecule is Cc1ccc(Cc2cnc(NC(=O)CCC(=O)N(CCC#N)c3ccccc3)s2)cc1F. The molecule has 1 N–H and O–H groups in total. The van der Waals surface area contributed by atoms with Crippen LogP contribution >= 0.6 is 11.3 Å². The summed E-state index contributed by atoms with van der Waals surface area (Å²) in [4.78, 5) is 31.6. The number of nitriles is 1. The van der Waals surface area contributed by atoms with Crippen molar-refractivity contribution in [3.8, 4) is 6.07 Å². The molecular formula is C24H23FN4O2S. The normalized spacial score (nSPS) is 10.4. The summed E-state index contributed by atoms with van der Waals surface area (Å²) >= 11 is 1.32. The fourth-order valence-electron chi connectivity index (χ4n) is 3.10. The summed E-state index contributed by atoms with van der Waals surface area (Å²) in [5, 5.41) is 12.0. The number of carbonyl (C=O) groups is 2. The van der Waals surface area contributed by atoms with Crippen LogP contribution in [0.5, 0.6) is 0 Å². The molecule has 6 nitrogen and oxygen atoms in total. The lowest BCUT2D eigenvalue weighted by Crippen LogP contribution is -2.32. The van der Waals surface area contributed by atoms with Gasteiger partial charge in [0.2, 0.25) is 11.8 Å². The van der Waals surface area contributed by atoms with Gasteiger partial charge in [-0.15, -0.1) is 11.3 Å². The quantitative estimate of drug-likeness (QED) is 0.505. The number of aromatic nitrogens is 1. The average Bonchev–Trinajstić information content (AvgIpc) is 3.22. The highest BCUT2D eigenvalue weighted by atomic mass is 32.1. The smallest absolute Gasteiger partial charge is 0.227 e. The Morgan fingerprint density at radius 3 is 2.69 bits per heavy atom. The molecule has 164 valence electrons. The van der Waals surface area contributed by atoms with Crippen molar-refractivity contribution < 1.29 is 14.0 Å². The van der Waals surface area contributed by atoms with Gasteiger partial charge in [0.05, 0.1) is 12.5 Å². The molecule has 2 aromatic carbocycles. The third kappa shape index (κ3) is 6.46. The molecule has 3 aromatic rings. The average molecular weight is 451 g/mol. The number of nitrogens with one attached hydrogen (secondary N) is 1. The van der Waals surface area contributed by atoms with Gasteiger partial charge in [-0.1, -0.05) is 30.3 Å². The van der Waals surface area contributed by atoms with E-state index in [9.17, 15) is 14.0 Å². The molecule has 0 bridgehead atoms. The summed E-state index contributed by atoms with van der Waals surface area (Å²) in [6.07, 6.45) is 2.41. The van der Waals surface area contributed by atoms with Crippen LogP contribution < -0.4 is 10.2 Å². The molecule has 2 amide bonds. The van der Waals surface area contributed by atoms with E-state index in [1.54, 1.807) is 31.3 Å². The van der Waals surface area contributed by atoms with Crippen LogP contribution in [-0.2, 0) is 16.0 Å². The molecule has 1 heterocycles. The molecule has 0 saturated heterocycles. The summed E-state index contributed by atoms with van der Waals surface area (Å²) in [6.45, 7) is 1.99. The number of para-hydroxylation sites is 1. The Bertz CT molecular complexity index is 1120. The highest BCUT2D eigenvalue weighted by Gasteiger charge is 2.17. The number of thiazole rings is 1. The molecule has 0 fully saturated rings. The number of hydrogen-bond donors (Lipinski definition) is 1. The molecule has 0 aliphatic carbocycles. The van der Waals surface area contributed by atoms with Crippen LogP contribution in [0.1, 0.15) is 35.3 Å². The third-order valence-electron chi connectivity index (χ3n) is 4.80. The van der Waals surface area contributed by atoms with E-state index in [0.29, 0.717) is 22.8 Å². The predicted octanol–water partition coefficient (Wildman–Crippen LogP) is 4.85. The second-order valence-electron chi connectivity index (χ2n) is 7.23. The Hall–Kier alpha value is -3.57. The Balaban J connectivity index is 1.53. The van der Waals surface area contributed by atoms with Crippen LogP contribution in [0.4, 0.5) is 15.2 Å². The largest absolute Gasteiger partial charge is 0.311 e. The molecule has 0 unspecified atom stereocenters. The van der Waals surface area contributed by atoms with Crippen molar-refractivity contribution in [2.24, 2.45) is 0 Å². The Morgan fingerprint density at radius 1 is 1.19 bits per heavy atom. The molecule has 0 atom stereocenters. The van der Waals surface area contributed by atoms with Crippen LogP contribution in [0.3, 0.4) is 0 Å². The van der Waals surface area contributed by atoms with Gasteiger partial charge >= 0.3 is 0 Å². The molecule has 8 heteroatoms. The number of benzene rings is 2. The molecule has 0 saturated carbocycles. The maximum absolute atomic E-state index is 13.7. The highest BCUT2D eigenvalue weighted by Crippen LogP contribution is 2.22. The van der Waals surface area contributed by atoms with E-state index in [2.05, 4.69) is 10.3 Å². The van der Waals surface area contributed by atoms with Gasteiger partial charge in [0, 0.05) is 42.6 Å². The summed E-state index contributed by atoms with van der Waals surface area (Å²) in [7, 11) is 0. The van der Waals surface area contributed by atoms with E-state index in [4.69, 9.17) is 5.26 Å². The van der Waals surface area contributed by atoms with Gasteiger partial charge in [0.15, 0.2) is 5.13 Å². The standard InChI is InChI=1S/C24H23FN4O2S/c1-17-8-9-18(15-21(17)25)14-20-16-27-24(32-20)28-22(30)10-11-23(31)29(13-5-12-26)19-6-3-2-4-7-19/h2-4,6-9,15-16H,5,10-11,13-14H2,1H3,(H,27,28,30). The van der Waals surface area contributed by atoms with Gasteiger partial charge in [-0.25, -0.2) is 9.37 Å². The topological polar surface area (TPSA) is 86.1 Å². The van der Waals surface area contributed by atoms with Crippen LogP contribution in [0.25, 0.3) is 0 Å². The number of amides is 2. The Morgan fingerprint density at radius 2 is 1.97 bits per heavy atom. The number of aryl methyl sites for hydroxylation is 1. The number of nitrogens with zero attached hydrogens (tertiary/aromatic N) is 3. The first-order valence-electron chi connectivity index (χ1n) is 10.2. The van der Waals surface area contributed by atoms with Gasteiger partial charge in [-0.3, -0.25) is 9.59 Å². The van der Waals surface area contributed by atoms with Gasteiger partial charge in [-0.2, -0.15) is 5.26 Å². The Kier molecular flexibility index (Phi) is 8.06. The van der Waals surface area contributed by atoms with Crippen molar-refractivity contribution in [2.45, 2.75) is 32.6 Å². The summed E-state index contributed by atoms with van der Waals surface area (Å²) in [5.41, 5.74) is 2.13. The Labute approximate surface area is 190 Å². The maximum atomic E-state index is 13.7. The zero-order valence-electron chi connectivity index (χ0n) is 17.7. The number of rotatable bonds is 9. The predicted molar refractivity (Wildman–Crippen MR) is 123 cm³/mol. The zero-order chi connectivity index (χ0) is 22.9. The third-order valence-corrected chi connectivity index (χ3v) is 5.71. The first-order chi connectivity index (χ1) is 15.5. The molecule has 0 spiro atoms. The maximum Gasteiger partial charge on any atom is 0.227 e. The number of hydrogen-bond acceptors (Lipinski definition) is 5. The minimum absolute atomic E-state index is 0.00675. The van der Waals surface area contributed by atoms with Gasteiger partial charge in [0.1, 0.15) is 5.82 Å². The van der Waals surface area contributed by atoms with Gasteiger partial charge in [0.25, 0.3) is 0 Å². The number of halogens is 1. The molecule has 3 rings (SSSR count). The minimum Gasteiger partial charge on any atom is -0.311 e. The van der Waals surface area contributed by atoms with E-state index in [-0.39, 0.29) is 43.4 Å². The van der Waals surface area contributed by atoms with Crippen LogP contribution in [0.2, 0.25) is 0 Å². The van der Waals surface area contributed by atoms with E-state index < -0.39 is 0 Å². The fraction of sp³-hybridized carbons (Fsp3) is 0.250. The van der Waals surface area contributed by atoms with Crippen LogP contribution in [0.15, 0.2) is 54.7 Å². The van der Waals surface area contributed by atoms with E-state index in [1.807, 2.05) is 30.3 Å². The lowest BCUT2D eigenvalue weighted by Gasteiger charge is -2.21. The number of anilines is 2. The van der Waals surface area contributed by atoms with Crippen LogP contribution in [-0.4, -0.2) is 23.3 Å². The van der Waals surface area contributed by atoms with Crippen molar-refractivity contribution in [1.29, 1.82) is 5.26 Å². The first-order valence-corrected chi connectivity index (χ1v) is 11.0. The molecule has 0 aliphatic rings. The zero-order valence-corrected chi connectivity index (χ0v) is 18.5. The summed E-state index contributed by atoms with van der Waals surface area (Å²) in [5.74, 6) is -0.777. The summed E-state index contributed by atoms with van der Waals surface area (Å²) < 4.78 is 13.7. The van der Waals surface area contributed by atoms with E-state index in [1.165, 1.54) is 22.3 Å². The second kappa shape index (κ2) is 11.2. The number of carbonyl (C=O) groups excluding carboxylic acids is 2. The molecule has 32 heavy (non-hydrogen) atoms. The lowest BCUT2D eigenvalue weighted by atomic mass is 10.1. The fourth-order valence-corrected chi connectivity index (χ4v) is 3.96. The van der Waals surface area contributed by atoms with Crippen molar-refractivity contribution in [3.63, 3.8) is 0 Å². The van der Waals surface area contributed by atoms with E-state index in [0.717, 1.165) is 10.4 Å². The lowest BCUT2D eigenvalue weighted by molar-refractivity contribution is -0.122. The monoisotopic (exact) mass is 450 g/mol. The molecule has 1 aromatic heterocycles. The molecule has 0 aliphatic heterocycles. The summed E-state index contributed by atoms with van der Waals surface area (Å²) in [6, 6.07) is 16.2. The van der Waals surface area contributed by atoms with Gasteiger partial charge in [-0.05, 0) is 36.2 Å².